The zero-order chi connectivity index (χ0) is 21.6. The molecule has 1 aliphatic heterocycles. The SMILES string of the molecule is CCOc1cc(/C=C2\SC(=O)N(CC(=O)OCC(C)C)C2=O)ccc1OC(F)F. The maximum Gasteiger partial charge on any atom is 0.387 e. The average Bonchev–Trinajstić information content (AvgIpc) is 2.89. The number of nitrogens with zero attached hydrogens (tertiary/aromatic N) is 1. The van der Waals surface area contributed by atoms with E-state index in [1.807, 2.05) is 13.8 Å². The molecular formula is C19H21F2NO6S. The standard InChI is InChI=1S/C19H21F2NO6S/c1-4-26-14-7-12(5-6-13(14)28-18(20)21)8-15-17(24)22(19(25)29-15)9-16(23)27-10-11(2)3/h5-8,11,18H,4,9-10H2,1-3H3/b15-8-. The van der Waals surface area contributed by atoms with E-state index >= 15 is 0 Å². The van der Waals surface area contributed by atoms with Gasteiger partial charge in [-0.2, -0.15) is 8.78 Å². The molecule has 0 N–H and O–H groups in total. The molecule has 1 aromatic rings. The van der Waals surface area contributed by atoms with Crippen molar-refractivity contribution >= 4 is 35.0 Å². The Morgan fingerprint density at radius 1 is 1.24 bits per heavy atom. The molecule has 0 atom stereocenters. The molecule has 0 aliphatic carbocycles. The van der Waals surface area contributed by atoms with Crippen LogP contribution in [-0.4, -0.2) is 48.4 Å². The van der Waals surface area contributed by atoms with Crippen molar-refractivity contribution in [2.45, 2.75) is 27.4 Å². The van der Waals surface area contributed by atoms with Gasteiger partial charge in [0.25, 0.3) is 11.1 Å². The van der Waals surface area contributed by atoms with Gasteiger partial charge in [-0.05, 0) is 48.4 Å². The molecule has 0 unspecified atom stereocenters. The van der Waals surface area contributed by atoms with Crippen molar-refractivity contribution in [3.8, 4) is 11.5 Å². The van der Waals surface area contributed by atoms with Gasteiger partial charge in [-0.1, -0.05) is 19.9 Å². The van der Waals surface area contributed by atoms with E-state index < -0.39 is 30.3 Å². The second kappa shape index (κ2) is 10.2. The number of benzene rings is 1. The minimum absolute atomic E-state index is 0.0815. The molecular weight excluding hydrogens is 408 g/mol. The van der Waals surface area contributed by atoms with Crippen LogP contribution in [0.25, 0.3) is 6.08 Å². The first-order valence-electron chi connectivity index (χ1n) is 8.83. The fraction of sp³-hybridized carbons (Fsp3) is 0.421. The molecule has 29 heavy (non-hydrogen) atoms. The molecule has 0 bridgehead atoms. The quantitative estimate of drug-likeness (QED) is 0.435. The molecule has 2 amide bonds. The van der Waals surface area contributed by atoms with Crippen LogP contribution in [0, 0.1) is 5.92 Å². The van der Waals surface area contributed by atoms with E-state index in [4.69, 9.17) is 9.47 Å². The summed E-state index contributed by atoms with van der Waals surface area (Å²) in [5.74, 6) is -1.23. The summed E-state index contributed by atoms with van der Waals surface area (Å²) in [5, 5.41) is -0.592. The van der Waals surface area contributed by atoms with Gasteiger partial charge >= 0.3 is 12.6 Å². The van der Waals surface area contributed by atoms with Gasteiger partial charge in [-0.3, -0.25) is 19.3 Å². The summed E-state index contributed by atoms with van der Waals surface area (Å²) in [6.45, 7) is 2.35. The van der Waals surface area contributed by atoms with Gasteiger partial charge in [0.1, 0.15) is 6.54 Å². The Hall–Kier alpha value is -2.62. The minimum atomic E-state index is -3.01. The van der Waals surface area contributed by atoms with Gasteiger partial charge in [0.2, 0.25) is 0 Å². The summed E-state index contributed by atoms with van der Waals surface area (Å²) in [5.41, 5.74) is 0.447. The van der Waals surface area contributed by atoms with Gasteiger partial charge in [-0.15, -0.1) is 0 Å². The fourth-order valence-electron chi connectivity index (χ4n) is 2.30. The predicted molar refractivity (Wildman–Crippen MR) is 103 cm³/mol. The summed E-state index contributed by atoms with van der Waals surface area (Å²) in [4.78, 5) is 37.3. The first-order valence-corrected chi connectivity index (χ1v) is 9.65. The lowest BCUT2D eigenvalue weighted by molar-refractivity contribution is -0.147. The van der Waals surface area contributed by atoms with E-state index in [2.05, 4.69) is 4.74 Å². The summed E-state index contributed by atoms with van der Waals surface area (Å²) >= 11 is 0.676. The van der Waals surface area contributed by atoms with E-state index in [1.165, 1.54) is 24.3 Å². The average molecular weight is 429 g/mol. The Balaban J connectivity index is 2.15. The Morgan fingerprint density at radius 2 is 1.97 bits per heavy atom. The van der Waals surface area contributed by atoms with Crippen molar-refractivity contribution < 1.29 is 37.4 Å². The minimum Gasteiger partial charge on any atom is -0.490 e. The van der Waals surface area contributed by atoms with Gasteiger partial charge in [-0.25, -0.2) is 0 Å². The molecule has 1 heterocycles. The van der Waals surface area contributed by atoms with E-state index in [0.29, 0.717) is 17.3 Å². The Kier molecular flexibility index (Phi) is 8.00. The lowest BCUT2D eigenvalue weighted by Crippen LogP contribution is -2.34. The molecule has 0 saturated carbocycles. The number of hydrogen-bond donors (Lipinski definition) is 0. The zero-order valence-electron chi connectivity index (χ0n) is 16.1. The lowest BCUT2D eigenvalue weighted by atomic mass is 10.2. The van der Waals surface area contributed by atoms with Crippen molar-refractivity contribution in [3.05, 3.63) is 28.7 Å². The molecule has 10 heteroatoms. The van der Waals surface area contributed by atoms with E-state index in [-0.39, 0.29) is 35.5 Å². The number of hydrogen-bond acceptors (Lipinski definition) is 7. The van der Waals surface area contributed by atoms with Crippen LogP contribution in [0.5, 0.6) is 11.5 Å². The van der Waals surface area contributed by atoms with Crippen LogP contribution in [0.4, 0.5) is 13.6 Å². The van der Waals surface area contributed by atoms with E-state index in [1.54, 1.807) is 6.92 Å². The van der Waals surface area contributed by atoms with Crippen LogP contribution in [0.2, 0.25) is 0 Å². The smallest absolute Gasteiger partial charge is 0.387 e. The molecule has 1 aliphatic rings. The number of amides is 2. The third-order valence-corrected chi connectivity index (χ3v) is 4.43. The van der Waals surface area contributed by atoms with E-state index in [9.17, 15) is 23.2 Å². The molecule has 2 rings (SSSR count). The highest BCUT2D eigenvalue weighted by atomic mass is 32.2. The monoisotopic (exact) mass is 429 g/mol. The van der Waals surface area contributed by atoms with Crippen molar-refractivity contribution in [1.82, 2.24) is 4.90 Å². The van der Waals surface area contributed by atoms with Gasteiger partial charge < -0.3 is 14.2 Å². The largest absolute Gasteiger partial charge is 0.490 e. The van der Waals surface area contributed by atoms with E-state index in [0.717, 1.165) is 4.90 Å². The summed E-state index contributed by atoms with van der Waals surface area (Å²) in [6.07, 6.45) is 1.42. The Bertz CT molecular complexity index is 812. The molecule has 1 aromatic carbocycles. The highest BCUT2D eigenvalue weighted by molar-refractivity contribution is 8.18. The molecule has 0 radical (unpaired) electrons. The number of carbonyl (C=O) groups is 3. The summed E-state index contributed by atoms with van der Waals surface area (Å²) < 4.78 is 39.7. The van der Waals surface area contributed by atoms with Gasteiger partial charge in [0.05, 0.1) is 18.1 Å². The normalized spacial score (nSPS) is 15.6. The van der Waals surface area contributed by atoms with Crippen LogP contribution in [0.1, 0.15) is 26.3 Å². The van der Waals surface area contributed by atoms with Crippen LogP contribution < -0.4 is 9.47 Å². The number of thioether (sulfide) groups is 1. The lowest BCUT2D eigenvalue weighted by Gasteiger charge is -2.13. The first-order chi connectivity index (χ1) is 13.7. The van der Waals surface area contributed by atoms with Crippen LogP contribution in [-0.2, 0) is 14.3 Å². The zero-order valence-corrected chi connectivity index (χ0v) is 17.0. The second-order valence-corrected chi connectivity index (χ2v) is 7.36. The number of imide groups is 1. The number of rotatable bonds is 9. The Morgan fingerprint density at radius 3 is 2.59 bits per heavy atom. The third kappa shape index (κ3) is 6.45. The second-order valence-electron chi connectivity index (χ2n) is 6.36. The van der Waals surface area contributed by atoms with Crippen LogP contribution in [0.3, 0.4) is 0 Å². The maximum absolute atomic E-state index is 12.5. The fourth-order valence-corrected chi connectivity index (χ4v) is 3.14. The molecule has 1 fully saturated rings. The first kappa shape index (κ1) is 22.7. The molecule has 0 aromatic heterocycles. The van der Waals surface area contributed by atoms with Crippen LogP contribution in [0.15, 0.2) is 23.1 Å². The molecule has 7 nitrogen and oxygen atoms in total. The third-order valence-electron chi connectivity index (χ3n) is 3.52. The molecule has 158 valence electrons. The number of carbonyl (C=O) groups excluding carboxylic acids is 3. The predicted octanol–water partition coefficient (Wildman–Crippen LogP) is 3.92. The number of halogens is 2. The van der Waals surface area contributed by atoms with Crippen molar-refractivity contribution in [3.63, 3.8) is 0 Å². The van der Waals surface area contributed by atoms with Crippen molar-refractivity contribution in [2.24, 2.45) is 5.92 Å². The molecule has 1 saturated heterocycles. The number of ether oxygens (including phenoxy) is 3. The Labute approximate surface area is 171 Å². The van der Waals surface area contributed by atoms with Crippen LogP contribution >= 0.6 is 11.8 Å². The van der Waals surface area contributed by atoms with Crippen molar-refractivity contribution in [2.75, 3.05) is 19.8 Å². The highest BCUT2D eigenvalue weighted by Crippen LogP contribution is 2.35. The topological polar surface area (TPSA) is 82.1 Å². The highest BCUT2D eigenvalue weighted by Gasteiger charge is 2.36. The maximum atomic E-state index is 12.5. The summed E-state index contributed by atoms with van der Waals surface area (Å²) in [6, 6.07) is 4.16. The van der Waals surface area contributed by atoms with Gasteiger partial charge in [0, 0.05) is 0 Å². The number of alkyl halides is 2. The number of esters is 1. The van der Waals surface area contributed by atoms with Gasteiger partial charge in [0.15, 0.2) is 11.5 Å². The van der Waals surface area contributed by atoms with Crippen molar-refractivity contribution in [1.29, 1.82) is 0 Å². The summed E-state index contributed by atoms with van der Waals surface area (Å²) in [7, 11) is 0. The molecule has 0 spiro atoms.